The van der Waals surface area contributed by atoms with Crippen molar-refractivity contribution in [3.05, 3.63) is 40.3 Å². The summed E-state index contributed by atoms with van der Waals surface area (Å²) in [5.41, 5.74) is 0.147. The summed E-state index contributed by atoms with van der Waals surface area (Å²) in [6.07, 6.45) is 0. The Kier molecular flexibility index (Phi) is 3.64. The van der Waals surface area contributed by atoms with Gasteiger partial charge in [-0.3, -0.25) is 20.2 Å². The SMILES string of the molecule is Cc1c(Br)c([N+](=O)[O-])c(C)c(Br)c1[N+](=O)[O-]. The van der Waals surface area contributed by atoms with E-state index in [1.165, 1.54) is 13.8 Å². The van der Waals surface area contributed by atoms with Crippen LogP contribution in [-0.2, 0) is 0 Å². The maximum absolute atomic E-state index is 10.8. The average molecular weight is 354 g/mol. The van der Waals surface area contributed by atoms with Gasteiger partial charge in [-0.25, -0.2) is 0 Å². The predicted molar refractivity (Wildman–Crippen MR) is 64.6 cm³/mol. The van der Waals surface area contributed by atoms with Crippen molar-refractivity contribution in [2.75, 3.05) is 0 Å². The molecular weight excluding hydrogens is 348 g/mol. The molecule has 0 aliphatic rings. The normalized spacial score (nSPS) is 10.2. The third-order valence-corrected chi connectivity index (χ3v) is 4.09. The van der Waals surface area contributed by atoms with Crippen LogP contribution in [0.4, 0.5) is 11.4 Å². The standard InChI is InChI=1S/C8H6Br2N2O4/c1-3-5(9)8(12(15)16)4(2)6(10)7(3)11(13)14/h1-2H3. The molecule has 0 N–H and O–H groups in total. The molecule has 1 rings (SSSR count). The Morgan fingerprint density at radius 2 is 1.12 bits per heavy atom. The summed E-state index contributed by atoms with van der Waals surface area (Å²) in [4.78, 5) is 20.5. The van der Waals surface area contributed by atoms with Crippen molar-refractivity contribution >= 4 is 43.2 Å². The monoisotopic (exact) mass is 352 g/mol. The van der Waals surface area contributed by atoms with Gasteiger partial charge < -0.3 is 0 Å². The molecule has 0 heterocycles. The minimum absolute atomic E-state index is 0.143. The Morgan fingerprint density at radius 1 is 0.875 bits per heavy atom. The van der Waals surface area contributed by atoms with E-state index < -0.39 is 9.85 Å². The predicted octanol–water partition coefficient (Wildman–Crippen LogP) is 3.64. The minimum atomic E-state index is -0.569. The fourth-order valence-electron chi connectivity index (χ4n) is 1.33. The zero-order valence-corrected chi connectivity index (χ0v) is 11.5. The maximum atomic E-state index is 10.8. The van der Waals surface area contributed by atoms with E-state index in [2.05, 4.69) is 31.9 Å². The molecule has 86 valence electrons. The number of rotatable bonds is 2. The zero-order chi connectivity index (χ0) is 12.6. The molecule has 8 heteroatoms. The Hall–Kier alpha value is -1.02. The van der Waals surface area contributed by atoms with Crippen LogP contribution in [0.3, 0.4) is 0 Å². The number of nitro benzene ring substituents is 2. The first-order chi connectivity index (χ1) is 7.29. The van der Waals surface area contributed by atoms with Crippen molar-refractivity contribution in [1.82, 2.24) is 0 Å². The first kappa shape index (κ1) is 13.0. The van der Waals surface area contributed by atoms with Gasteiger partial charge in [0.15, 0.2) is 0 Å². The number of halogens is 2. The maximum Gasteiger partial charge on any atom is 0.288 e. The van der Waals surface area contributed by atoms with Gasteiger partial charge in [-0.05, 0) is 45.7 Å². The van der Waals surface area contributed by atoms with E-state index in [1.807, 2.05) is 0 Å². The van der Waals surface area contributed by atoms with Crippen LogP contribution in [0, 0.1) is 34.1 Å². The van der Waals surface area contributed by atoms with Crippen LogP contribution in [0.1, 0.15) is 11.1 Å². The van der Waals surface area contributed by atoms with Crippen molar-refractivity contribution < 1.29 is 9.85 Å². The topological polar surface area (TPSA) is 86.3 Å². The molecule has 1 aromatic carbocycles. The van der Waals surface area contributed by atoms with Gasteiger partial charge >= 0.3 is 0 Å². The molecule has 0 saturated carbocycles. The van der Waals surface area contributed by atoms with Crippen LogP contribution in [0.15, 0.2) is 8.95 Å². The first-order valence-corrected chi connectivity index (χ1v) is 5.64. The number of nitro groups is 2. The summed E-state index contributed by atoms with van der Waals surface area (Å²) in [5.74, 6) is 0. The van der Waals surface area contributed by atoms with Gasteiger partial charge in [0.2, 0.25) is 0 Å². The molecule has 6 nitrogen and oxygen atoms in total. The van der Waals surface area contributed by atoms with E-state index in [9.17, 15) is 20.2 Å². The highest BCUT2D eigenvalue weighted by molar-refractivity contribution is 9.11. The first-order valence-electron chi connectivity index (χ1n) is 4.06. The Balaban J connectivity index is 3.77. The largest absolute Gasteiger partial charge is 0.288 e. The zero-order valence-electron chi connectivity index (χ0n) is 8.28. The van der Waals surface area contributed by atoms with Gasteiger partial charge in [-0.15, -0.1) is 0 Å². The van der Waals surface area contributed by atoms with Gasteiger partial charge in [0, 0.05) is 11.1 Å². The number of hydrogen-bond donors (Lipinski definition) is 0. The second-order valence-electron chi connectivity index (χ2n) is 3.09. The molecule has 0 aliphatic carbocycles. The summed E-state index contributed by atoms with van der Waals surface area (Å²) in [7, 11) is 0. The molecule has 0 aliphatic heterocycles. The molecule has 0 unspecified atom stereocenters. The smallest absolute Gasteiger partial charge is 0.258 e. The second-order valence-corrected chi connectivity index (χ2v) is 4.68. The highest BCUT2D eigenvalue weighted by atomic mass is 79.9. The molecule has 0 spiro atoms. The van der Waals surface area contributed by atoms with E-state index in [-0.39, 0.29) is 31.4 Å². The van der Waals surface area contributed by atoms with Gasteiger partial charge in [0.05, 0.1) is 9.85 Å². The van der Waals surface area contributed by atoms with Gasteiger partial charge in [0.1, 0.15) is 8.95 Å². The van der Waals surface area contributed by atoms with E-state index in [4.69, 9.17) is 0 Å². The average Bonchev–Trinajstić information content (AvgIpc) is 2.14. The summed E-state index contributed by atoms with van der Waals surface area (Å²) in [6, 6.07) is 0. The highest BCUT2D eigenvalue weighted by Gasteiger charge is 2.30. The highest BCUT2D eigenvalue weighted by Crippen LogP contribution is 2.43. The van der Waals surface area contributed by atoms with Crippen LogP contribution in [-0.4, -0.2) is 9.85 Å². The summed E-state index contributed by atoms with van der Waals surface area (Å²) in [5, 5.41) is 21.6. The lowest BCUT2D eigenvalue weighted by molar-refractivity contribution is -0.391. The van der Waals surface area contributed by atoms with E-state index in [0.29, 0.717) is 0 Å². The molecule has 0 amide bonds. The van der Waals surface area contributed by atoms with Crippen molar-refractivity contribution in [3.8, 4) is 0 Å². The third kappa shape index (κ3) is 1.94. The van der Waals surface area contributed by atoms with E-state index in [0.717, 1.165) is 0 Å². The van der Waals surface area contributed by atoms with Crippen LogP contribution in [0.2, 0.25) is 0 Å². The Bertz CT molecular complexity index is 427. The molecular formula is C8H6Br2N2O4. The summed E-state index contributed by atoms with van der Waals surface area (Å²) in [6.45, 7) is 2.92. The second kappa shape index (κ2) is 4.46. The summed E-state index contributed by atoms with van der Waals surface area (Å²) >= 11 is 6.04. The van der Waals surface area contributed by atoms with Crippen LogP contribution >= 0.6 is 31.9 Å². The number of nitrogens with zero attached hydrogens (tertiary/aromatic N) is 2. The van der Waals surface area contributed by atoms with Crippen LogP contribution in [0.5, 0.6) is 0 Å². The number of hydrogen-bond acceptors (Lipinski definition) is 4. The minimum Gasteiger partial charge on any atom is -0.258 e. The van der Waals surface area contributed by atoms with Crippen molar-refractivity contribution in [2.24, 2.45) is 0 Å². The fourth-order valence-corrected chi connectivity index (χ4v) is 2.59. The molecule has 0 radical (unpaired) electrons. The lowest BCUT2D eigenvalue weighted by Gasteiger charge is -2.07. The molecule has 1 aromatic rings. The summed E-state index contributed by atoms with van der Waals surface area (Å²) < 4.78 is 0.287. The van der Waals surface area contributed by atoms with Gasteiger partial charge in [0.25, 0.3) is 11.4 Å². The fraction of sp³-hybridized carbons (Fsp3) is 0.250. The van der Waals surface area contributed by atoms with Crippen molar-refractivity contribution in [3.63, 3.8) is 0 Å². The van der Waals surface area contributed by atoms with Crippen LogP contribution in [0.25, 0.3) is 0 Å². The van der Waals surface area contributed by atoms with Gasteiger partial charge in [-0.2, -0.15) is 0 Å². The lowest BCUT2D eigenvalue weighted by Crippen LogP contribution is -2.01. The molecule has 16 heavy (non-hydrogen) atoms. The van der Waals surface area contributed by atoms with Crippen LogP contribution < -0.4 is 0 Å². The van der Waals surface area contributed by atoms with E-state index in [1.54, 1.807) is 0 Å². The Morgan fingerprint density at radius 3 is 1.31 bits per heavy atom. The Labute approximate surface area is 107 Å². The molecule has 0 atom stereocenters. The molecule has 0 saturated heterocycles. The van der Waals surface area contributed by atoms with Gasteiger partial charge in [-0.1, -0.05) is 0 Å². The third-order valence-electron chi connectivity index (χ3n) is 2.15. The van der Waals surface area contributed by atoms with Crippen molar-refractivity contribution in [2.45, 2.75) is 13.8 Å². The molecule has 0 bridgehead atoms. The number of benzene rings is 1. The quantitative estimate of drug-likeness (QED) is 0.599. The lowest BCUT2D eigenvalue weighted by atomic mass is 10.1. The molecule has 0 aromatic heterocycles. The van der Waals surface area contributed by atoms with Crippen molar-refractivity contribution in [1.29, 1.82) is 0 Å². The molecule has 0 fully saturated rings. The van der Waals surface area contributed by atoms with E-state index >= 15 is 0 Å².